The number of aldehydes is 1. The van der Waals surface area contributed by atoms with Gasteiger partial charge in [0.15, 0.2) is 0 Å². The van der Waals surface area contributed by atoms with Crippen LogP contribution in [-0.4, -0.2) is 12.5 Å². The maximum Gasteiger partial charge on any atom is 0.150 e. The van der Waals surface area contributed by atoms with Crippen molar-refractivity contribution in [1.82, 2.24) is 0 Å². The van der Waals surface area contributed by atoms with Crippen LogP contribution in [0.5, 0.6) is 0 Å². The Hall–Kier alpha value is -1.48. The van der Waals surface area contributed by atoms with Gasteiger partial charge >= 0.3 is 0 Å². The number of carbonyl (C=O) groups excluding carboxylic acids is 1. The quantitative estimate of drug-likeness (QED) is 0.616. The molecule has 1 aliphatic heterocycles. The largest absolute Gasteiger partial charge is 0.311 e. The minimum atomic E-state index is -1.00. The molecule has 1 aromatic carbocycles. The number of benzene rings is 1. The average molecular weight is 160 g/mol. The lowest BCUT2D eigenvalue weighted by Gasteiger charge is -2.13. The molecule has 1 aliphatic rings. The Bertz CT molecular complexity index is 359. The van der Waals surface area contributed by atoms with E-state index in [0.29, 0.717) is 6.29 Å². The minimum Gasteiger partial charge on any atom is -0.311 e. The number of nitrogens with two attached hydrogens (primary N) is 1. The van der Waals surface area contributed by atoms with E-state index in [1.54, 1.807) is 0 Å². The molecule has 12 heavy (non-hydrogen) atoms. The smallest absolute Gasteiger partial charge is 0.150 e. The third-order valence-electron chi connectivity index (χ3n) is 1.98. The zero-order valence-corrected chi connectivity index (χ0v) is 6.40. The summed E-state index contributed by atoms with van der Waals surface area (Å²) in [4.78, 5) is 14.7. The molecule has 0 radical (unpaired) electrons. The lowest BCUT2D eigenvalue weighted by molar-refractivity contribution is -0.110. The molecule has 1 unspecified atom stereocenters. The van der Waals surface area contributed by atoms with Crippen LogP contribution in [0.4, 0.5) is 5.69 Å². The van der Waals surface area contributed by atoms with Gasteiger partial charge in [-0.1, -0.05) is 18.2 Å². The van der Waals surface area contributed by atoms with Gasteiger partial charge in [-0.2, -0.15) is 0 Å². The number of hydrogen-bond donors (Lipinski definition) is 1. The van der Waals surface area contributed by atoms with E-state index in [0.717, 1.165) is 11.3 Å². The zero-order valence-electron chi connectivity index (χ0n) is 6.40. The molecule has 1 atom stereocenters. The van der Waals surface area contributed by atoms with Gasteiger partial charge in [-0.3, -0.25) is 4.99 Å². The van der Waals surface area contributed by atoms with Crippen LogP contribution in [-0.2, 0) is 10.3 Å². The first-order chi connectivity index (χ1) is 5.76. The SMILES string of the molecule is NC1(C=O)C=Nc2ccccc21. The van der Waals surface area contributed by atoms with Gasteiger partial charge in [0, 0.05) is 11.8 Å². The molecular formula is C9H8N2O. The third-order valence-corrected chi connectivity index (χ3v) is 1.98. The highest BCUT2D eigenvalue weighted by Crippen LogP contribution is 2.31. The predicted molar refractivity (Wildman–Crippen MR) is 46.5 cm³/mol. The number of hydrogen-bond acceptors (Lipinski definition) is 3. The second-order valence-electron chi connectivity index (χ2n) is 2.83. The summed E-state index contributed by atoms with van der Waals surface area (Å²) in [6, 6.07) is 7.37. The zero-order chi connectivity index (χ0) is 8.60. The molecule has 3 heteroatoms. The molecule has 0 fully saturated rings. The van der Waals surface area contributed by atoms with Crippen LogP contribution in [0.2, 0.25) is 0 Å². The molecule has 0 amide bonds. The highest BCUT2D eigenvalue weighted by molar-refractivity contribution is 5.99. The number of rotatable bonds is 1. The van der Waals surface area contributed by atoms with Gasteiger partial charge in [0.1, 0.15) is 11.8 Å². The van der Waals surface area contributed by atoms with E-state index in [1.807, 2.05) is 24.3 Å². The lowest BCUT2D eigenvalue weighted by Crippen LogP contribution is -2.37. The van der Waals surface area contributed by atoms with Crippen molar-refractivity contribution in [2.75, 3.05) is 0 Å². The fraction of sp³-hybridized carbons (Fsp3) is 0.111. The molecule has 60 valence electrons. The van der Waals surface area contributed by atoms with Crippen LogP contribution in [0, 0.1) is 0 Å². The van der Waals surface area contributed by atoms with Crippen LogP contribution < -0.4 is 5.73 Å². The Balaban J connectivity index is 2.63. The fourth-order valence-electron chi connectivity index (χ4n) is 1.29. The summed E-state index contributed by atoms with van der Waals surface area (Å²) in [5.74, 6) is 0. The molecule has 0 saturated heterocycles. The van der Waals surface area contributed by atoms with Crippen molar-refractivity contribution in [3.8, 4) is 0 Å². The Morgan fingerprint density at radius 3 is 2.92 bits per heavy atom. The fourth-order valence-corrected chi connectivity index (χ4v) is 1.29. The number of para-hydroxylation sites is 1. The van der Waals surface area contributed by atoms with Gasteiger partial charge in [-0.05, 0) is 6.07 Å². The van der Waals surface area contributed by atoms with E-state index in [9.17, 15) is 4.79 Å². The van der Waals surface area contributed by atoms with Gasteiger partial charge in [-0.15, -0.1) is 0 Å². The summed E-state index contributed by atoms with van der Waals surface area (Å²) in [6.45, 7) is 0. The van der Waals surface area contributed by atoms with Crippen molar-refractivity contribution < 1.29 is 4.79 Å². The van der Waals surface area contributed by atoms with E-state index in [4.69, 9.17) is 5.73 Å². The molecule has 2 rings (SSSR count). The second-order valence-corrected chi connectivity index (χ2v) is 2.83. The van der Waals surface area contributed by atoms with E-state index < -0.39 is 5.54 Å². The van der Waals surface area contributed by atoms with Gasteiger partial charge in [0.25, 0.3) is 0 Å². The summed E-state index contributed by atoms with van der Waals surface area (Å²) in [7, 11) is 0. The summed E-state index contributed by atoms with van der Waals surface area (Å²) < 4.78 is 0. The summed E-state index contributed by atoms with van der Waals surface area (Å²) >= 11 is 0. The van der Waals surface area contributed by atoms with Crippen molar-refractivity contribution in [3.05, 3.63) is 29.8 Å². The van der Waals surface area contributed by atoms with Crippen LogP contribution in [0.1, 0.15) is 5.56 Å². The summed E-state index contributed by atoms with van der Waals surface area (Å²) in [5, 5.41) is 0. The Morgan fingerprint density at radius 1 is 1.42 bits per heavy atom. The van der Waals surface area contributed by atoms with Crippen LogP contribution in [0.3, 0.4) is 0 Å². The maximum absolute atomic E-state index is 10.7. The van der Waals surface area contributed by atoms with Crippen molar-refractivity contribution in [3.63, 3.8) is 0 Å². The van der Waals surface area contributed by atoms with Gasteiger partial charge in [-0.25, -0.2) is 0 Å². The van der Waals surface area contributed by atoms with Gasteiger partial charge in [0.05, 0.1) is 5.69 Å². The highest BCUT2D eigenvalue weighted by atomic mass is 16.1. The molecule has 1 aromatic rings. The van der Waals surface area contributed by atoms with Crippen molar-refractivity contribution in [2.24, 2.45) is 10.7 Å². The van der Waals surface area contributed by atoms with Crippen molar-refractivity contribution >= 4 is 18.2 Å². The van der Waals surface area contributed by atoms with Crippen LogP contribution >= 0.6 is 0 Å². The Morgan fingerprint density at radius 2 is 2.17 bits per heavy atom. The van der Waals surface area contributed by atoms with E-state index >= 15 is 0 Å². The van der Waals surface area contributed by atoms with Gasteiger partial charge in [0.2, 0.25) is 0 Å². The maximum atomic E-state index is 10.7. The first-order valence-corrected chi connectivity index (χ1v) is 3.66. The molecule has 0 aromatic heterocycles. The second kappa shape index (κ2) is 2.25. The molecule has 0 spiro atoms. The number of aliphatic imine (C=N–C) groups is 1. The third kappa shape index (κ3) is 0.801. The minimum absolute atomic E-state index is 0.711. The molecule has 3 nitrogen and oxygen atoms in total. The first kappa shape index (κ1) is 7.18. The van der Waals surface area contributed by atoms with Crippen LogP contribution in [0.25, 0.3) is 0 Å². The highest BCUT2D eigenvalue weighted by Gasteiger charge is 2.31. The Labute approximate surface area is 69.9 Å². The van der Waals surface area contributed by atoms with E-state index in [2.05, 4.69) is 4.99 Å². The molecule has 0 saturated carbocycles. The summed E-state index contributed by atoms with van der Waals surface area (Å²) in [5.41, 5.74) is 6.31. The van der Waals surface area contributed by atoms with Crippen LogP contribution in [0.15, 0.2) is 29.3 Å². The summed E-state index contributed by atoms with van der Waals surface area (Å²) in [6.07, 6.45) is 2.19. The van der Waals surface area contributed by atoms with Gasteiger partial charge < -0.3 is 10.5 Å². The number of nitrogens with zero attached hydrogens (tertiary/aromatic N) is 1. The molecule has 2 N–H and O–H groups in total. The molecule has 0 aliphatic carbocycles. The average Bonchev–Trinajstić information content (AvgIpc) is 2.46. The first-order valence-electron chi connectivity index (χ1n) is 3.66. The number of carbonyl (C=O) groups is 1. The predicted octanol–water partition coefficient (Wildman–Crippen LogP) is 0.755. The topological polar surface area (TPSA) is 55.5 Å². The lowest BCUT2D eigenvalue weighted by atomic mass is 9.95. The van der Waals surface area contributed by atoms with Crippen molar-refractivity contribution in [1.29, 1.82) is 0 Å². The molecule has 1 heterocycles. The van der Waals surface area contributed by atoms with E-state index in [1.165, 1.54) is 6.21 Å². The molecule has 0 bridgehead atoms. The normalized spacial score (nSPS) is 25.4. The van der Waals surface area contributed by atoms with E-state index in [-0.39, 0.29) is 0 Å². The van der Waals surface area contributed by atoms with Crippen molar-refractivity contribution in [2.45, 2.75) is 5.54 Å². The molecular weight excluding hydrogens is 152 g/mol. The Kier molecular flexibility index (Phi) is 1.35. The number of fused-ring (bicyclic) bond motifs is 1. The standard InChI is InChI=1S/C9H8N2O/c10-9(6-12)5-11-8-4-2-1-3-7(8)9/h1-6H,10H2. The monoisotopic (exact) mass is 160 g/mol.